The maximum atomic E-state index is 2.50. The zero-order chi connectivity index (χ0) is 13.3. The summed E-state index contributed by atoms with van der Waals surface area (Å²) in [5.41, 5.74) is 0.796. The van der Waals surface area contributed by atoms with Crippen molar-refractivity contribution in [3.05, 3.63) is 0 Å². The van der Waals surface area contributed by atoms with Gasteiger partial charge in [0, 0.05) is 0 Å². The maximum absolute atomic E-state index is 2.50. The zero-order valence-electron chi connectivity index (χ0n) is 13.3. The molecule has 0 bridgehead atoms. The average molecular weight is 226 g/mol. The van der Waals surface area contributed by atoms with Crippen molar-refractivity contribution in [1.82, 2.24) is 0 Å². The van der Waals surface area contributed by atoms with E-state index in [0.29, 0.717) is 10.8 Å². The van der Waals surface area contributed by atoms with Gasteiger partial charge in [0.25, 0.3) is 0 Å². The highest BCUT2D eigenvalue weighted by Crippen LogP contribution is 2.57. The molecule has 0 amide bonds. The van der Waals surface area contributed by atoms with E-state index in [0.717, 1.165) is 23.7 Å². The molecule has 0 N–H and O–H groups in total. The van der Waals surface area contributed by atoms with E-state index < -0.39 is 0 Å². The summed E-state index contributed by atoms with van der Waals surface area (Å²) in [4.78, 5) is 0. The SMILES string of the molecule is CC(C)C(C)(C(C)C)C(C)(C(C)C)C(C)C. The fraction of sp³-hybridized carbons (Fsp3) is 1.00. The van der Waals surface area contributed by atoms with Gasteiger partial charge < -0.3 is 0 Å². The van der Waals surface area contributed by atoms with Crippen molar-refractivity contribution in [3.63, 3.8) is 0 Å². The lowest BCUT2D eigenvalue weighted by Gasteiger charge is -2.57. The lowest BCUT2D eigenvalue weighted by Crippen LogP contribution is -2.51. The third-order valence-corrected chi connectivity index (χ3v) is 5.96. The Labute approximate surface area is 104 Å². The van der Waals surface area contributed by atoms with Crippen LogP contribution in [0.15, 0.2) is 0 Å². The average Bonchev–Trinajstić information content (AvgIpc) is 2.13. The Morgan fingerprint density at radius 1 is 0.438 bits per heavy atom. The molecule has 0 heterocycles. The third kappa shape index (κ3) is 2.17. The molecule has 0 rings (SSSR count). The van der Waals surface area contributed by atoms with Gasteiger partial charge in [-0.25, -0.2) is 0 Å². The van der Waals surface area contributed by atoms with Gasteiger partial charge >= 0.3 is 0 Å². The van der Waals surface area contributed by atoms with E-state index in [-0.39, 0.29) is 0 Å². The van der Waals surface area contributed by atoms with Crippen molar-refractivity contribution in [2.24, 2.45) is 34.5 Å². The van der Waals surface area contributed by atoms with Crippen LogP contribution in [-0.4, -0.2) is 0 Å². The summed E-state index contributed by atoms with van der Waals surface area (Å²) in [5, 5.41) is 0. The van der Waals surface area contributed by atoms with Crippen LogP contribution in [0.2, 0.25) is 0 Å². The smallest absolute Gasteiger partial charge is 0.0221 e. The summed E-state index contributed by atoms with van der Waals surface area (Å²) in [6, 6.07) is 0. The van der Waals surface area contributed by atoms with Crippen molar-refractivity contribution < 1.29 is 0 Å². The molecule has 0 aliphatic rings. The second kappa shape index (κ2) is 5.10. The fourth-order valence-corrected chi connectivity index (χ4v) is 3.82. The van der Waals surface area contributed by atoms with E-state index in [9.17, 15) is 0 Å². The van der Waals surface area contributed by atoms with Gasteiger partial charge in [-0.15, -0.1) is 0 Å². The standard InChI is InChI=1S/C16H34/c1-11(2)15(9,12(3)4)16(10,13(5)6)14(7)8/h11-14H,1-10H3. The first-order valence-electron chi connectivity index (χ1n) is 7.02. The Hall–Kier alpha value is 0. The monoisotopic (exact) mass is 226 g/mol. The summed E-state index contributed by atoms with van der Waals surface area (Å²) in [5.74, 6) is 2.90. The lowest BCUT2D eigenvalue weighted by molar-refractivity contribution is -0.0907. The quantitative estimate of drug-likeness (QED) is 0.570. The minimum absolute atomic E-state index is 0.398. The van der Waals surface area contributed by atoms with Gasteiger partial charge in [-0.2, -0.15) is 0 Å². The molecule has 0 saturated heterocycles. The maximum Gasteiger partial charge on any atom is -0.0221 e. The molecule has 0 heteroatoms. The van der Waals surface area contributed by atoms with Gasteiger partial charge in [0.15, 0.2) is 0 Å². The minimum Gasteiger partial charge on any atom is -0.0622 e. The van der Waals surface area contributed by atoms with Crippen LogP contribution in [0.4, 0.5) is 0 Å². The van der Waals surface area contributed by atoms with Crippen LogP contribution in [0.25, 0.3) is 0 Å². The second-order valence-electron chi connectivity index (χ2n) is 7.18. The summed E-state index contributed by atoms with van der Waals surface area (Å²) in [7, 11) is 0. The van der Waals surface area contributed by atoms with Crippen molar-refractivity contribution >= 4 is 0 Å². The van der Waals surface area contributed by atoms with E-state index in [4.69, 9.17) is 0 Å². The van der Waals surface area contributed by atoms with Crippen molar-refractivity contribution in [2.75, 3.05) is 0 Å². The molecule has 0 aromatic rings. The molecule has 16 heavy (non-hydrogen) atoms. The molecule has 0 saturated carbocycles. The third-order valence-electron chi connectivity index (χ3n) is 5.96. The number of hydrogen-bond donors (Lipinski definition) is 0. The Morgan fingerprint density at radius 2 is 0.562 bits per heavy atom. The van der Waals surface area contributed by atoms with Gasteiger partial charge in [0.2, 0.25) is 0 Å². The fourth-order valence-electron chi connectivity index (χ4n) is 3.82. The van der Waals surface area contributed by atoms with E-state index in [1.165, 1.54) is 0 Å². The van der Waals surface area contributed by atoms with Crippen LogP contribution in [-0.2, 0) is 0 Å². The summed E-state index contributed by atoms with van der Waals surface area (Å²) < 4.78 is 0. The largest absolute Gasteiger partial charge is 0.0622 e. The molecule has 0 aromatic heterocycles. The summed E-state index contributed by atoms with van der Waals surface area (Å²) in [6.07, 6.45) is 0. The molecule has 0 radical (unpaired) electrons. The summed E-state index contributed by atoms with van der Waals surface area (Å²) >= 11 is 0. The van der Waals surface area contributed by atoms with Gasteiger partial charge in [-0.05, 0) is 34.5 Å². The normalized spacial score (nSPS) is 14.6. The molecule has 0 aromatic carbocycles. The Balaban J connectivity index is 5.64. The van der Waals surface area contributed by atoms with E-state index in [2.05, 4.69) is 69.2 Å². The molecular formula is C16H34. The highest BCUT2D eigenvalue weighted by Gasteiger charge is 2.51. The number of rotatable bonds is 5. The van der Waals surface area contributed by atoms with Crippen LogP contribution in [0.3, 0.4) is 0 Å². The van der Waals surface area contributed by atoms with E-state index in [1.54, 1.807) is 0 Å². The van der Waals surface area contributed by atoms with Gasteiger partial charge in [-0.3, -0.25) is 0 Å². The molecule has 0 nitrogen and oxygen atoms in total. The highest BCUT2D eigenvalue weighted by molar-refractivity contribution is 4.99. The predicted octanol–water partition coefficient (Wildman–Crippen LogP) is 5.62. The van der Waals surface area contributed by atoms with Crippen LogP contribution in [0, 0.1) is 34.5 Å². The van der Waals surface area contributed by atoms with Crippen LogP contribution in [0.1, 0.15) is 69.2 Å². The first-order valence-corrected chi connectivity index (χ1v) is 7.02. The lowest BCUT2D eigenvalue weighted by atomic mass is 9.48. The first-order chi connectivity index (χ1) is 7.02. The number of hydrogen-bond acceptors (Lipinski definition) is 0. The molecule has 98 valence electrons. The molecule has 0 atom stereocenters. The molecule has 0 spiro atoms. The van der Waals surface area contributed by atoms with Crippen molar-refractivity contribution in [2.45, 2.75) is 69.2 Å². The summed E-state index contributed by atoms with van der Waals surface area (Å²) in [6.45, 7) is 24.1. The van der Waals surface area contributed by atoms with Crippen molar-refractivity contribution in [1.29, 1.82) is 0 Å². The predicted molar refractivity (Wildman–Crippen MR) is 75.6 cm³/mol. The van der Waals surface area contributed by atoms with Crippen LogP contribution in [0.5, 0.6) is 0 Å². The van der Waals surface area contributed by atoms with Crippen molar-refractivity contribution in [3.8, 4) is 0 Å². The molecule has 0 aliphatic heterocycles. The van der Waals surface area contributed by atoms with Crippen LogP contribution >= 0.6 is 0 Å². The molecule has 0 fully saturated rings. The van der Waals surface area contributed by atoms with Gasteiger partial charge in [0.1, 0.15) is 0 Å². The van der Waals surface area contributed by atoms with E-state index >= 15 is 0 Å². The molecule has 0 aliphatic carbocycles. The Morgan fingerprint density at radius 3 is 0.625 bits per heavy atom. The Bertz CT molecular complexity index is 168. The second-order valence-corrected chi connectivity index (χ2v) is 7.18. The van der Waals surface area contributed by atoms with E-state index in [1.807, 2.05) is 0 Å². The highest BCUT2D eigenvalue weighted by atomic mass is 14.6. The first kappa shape index (κ1) is 16.0. The van der Waals surface area contributed by atoms with Gasteiger partial charge in [0.05, 0.1) is 0 Å². The minimum atomic E-state index is 0.398. The topological polar surface area (TPSA) is 0 Å². The Kier molecular flexibility index (Phi) is 5.10. The molecular weight excluding hydrogens is 192 g/mol. The zero-order valence-corrected chi connectivity index (χ0v) is 13.3. The molecule has 0 unspecified atom stereocenters. The van der Waals surface area contributed by atoms with Crippen LogP contribution < -0.4 is 0 Å². The van der Waals surface area contributed by atoms with Gasteiger partial charge in [-0.1, -0.05) is 69.2 Å².